The van der Waals surface area contributed by atoms with Crippen molar-refractivity contribution in [2.45, 2.75) is 53.7 Å². The normalized spacial score (nSPS) is 26.0. The van der Waals surface area contributed by atoms with E-state index in [1.165, 1.54) is 11.8 Å². The third kappa shape index (κ3) is 3.08. The molecule has 2 bridgehead atoms. The van der Waals surface area contributed by atoms with Gasteiger partial charge in [-0.2, -0.15) is 0 Å². The van der Waals surface area contributed by atoms with E-state index in [0.717, 1.165) is 30.6 Å². The zero-order chi connectivity index (χ0) is 16.7. The van der Waals surface area contributed by atoms with Gasteiger partial charge in [-0.15, -0.1) is 10.2 Å². The lowest BCUT2D eigenvalue weighted by Gasteiger charge is -2.37. The minimum atomic E-state index is 0.298. The van der Waals surface area contributed by atoms with Crippen LogP contribution in [0.1, 0.15) is 25.7 Å². The summed E-state index contributed by atoms with van der Waals surface area (Å²) in [5.74, 6) is 0.705. The highest BCUT2D eigenvalue weighted by atomic mass is 35.5. The quantitative estimate of drug-likeness (QED) is 0.871. The molecule has 8 heteroatoms. The molecular formula is C16H17Cl2N5S. The molecule has 24 heavy (non-hydrogen) atoms. The second-order valence-corrected chi connectivity index (χ2v) is 8.12. The first-order chi connectivity index (χ1) is 11.6. The van der Waals surface area contributed by atoms with Crippen molar-refractivity contribution in [3.8, 4) is 0 Å². The van der Waals surface area contributed by atoms with Crippen LogP contribution in [0.2, 0.25) is 10.0 Å². The van der Waals surface area contributed by atoms with Crippen LogP contribution in [0, 0.1) is 0 Å². The van der Waals surface area contributed by atoms with Crippen molar-refractivity contribution in [1.29, 1.82) is 0 Å². The highest BCUT2D eigenvalue weighted by molar-refractivity contribution is 7.99. The van der Waals surface area contributed by atoms with E-state index in [4.69, 9.17) is 28.9 Å². The maximum Gasteiger partial charge on any atom is 0.245 e. The lowest BCUT2D eigenvalue weighted by molar-refractivity contribution is 0.407. The van der Waals surface area contributed by atoms with Crippen LogP contribution in [0.5, 0.6) is 0 Å². The van der Waals surface area contributed by atoms with Crippen molar-refractivity contribution < 1.29 is 0 Å². The number of aromatic nitrogens is 3. The van der Waals surface area contributed by atoms with E-state index < -0.39 is 0 Å². The fourth-order valence-electron chi connectivity index (χ4n) is 3.64. The fraction of sp³-hybridized carbons (Fsp3) is 0.438. The molecule has 1 unspecified atom stereocenters. The predicted octanol–water partition coefficient (Wildman–Crippen LogP) is 3.79. The van der Waals surface area contributed by atoms with Crippen LogP contribution in [0.25, 0.3) is 0 Å². The molecule has 126 valence electrons. The van der Waals surface area contributed by atoms with Gasteiger partial charge in [0.25, 0.3) is 0 Å². The second-order valence-electron chi connectivity index (χ2n) is 6.27. The van der Waals surface area contributed by atoms with Crippen LogP contribution in [0.15, 0.2) is 34.3 Å². The monoisotopic (exact) mass is 381 g/mol. The summed E-state index contributed by atoms with van der Waals surface area (Å²) in [5.41, 5.74) is 6.12. The molecule has 5 nitrogen and oxygen atoms in total. The lowest BCUT2D eigenvalue weighted by atomic mass is 9.99. The Labute approximate surface area is 154 Å². The molecule has 2 aliphatic heterocycles. The second kappa shape index (κ2) is 6.67. The first-order valence-corrected chi connectivity index (χ1v) is 9.54. The SMILES string of the molecule is NC1C[C@H]2CC[C@@H](C1)N2c1ncc(Sc2cccc(Cl)c2Cl)nn1. The molecule has 3 heterocycles. The average molecular weight is 382 g/mol. The standard InChI is InChI=1S/C16H17Cl2N5S/c17-12-2-1-3-13(15(12)18)24-14-8-20-16(22-21-14)23-10-4-5-11(23)7-9(19)6-10/h1-3,8-11H,4-7,19H2/t9?,10-,11+. The van der Waals surface area contributed by atoms with E-state index in [1.807, 2.05) is 12.1 Å². The van der Waals surface area contributed by atoms with Gasteiger partial charge >= 0.3 is 0 Å². The van der Waals surface area contributed by atoms with Crippen LogP contribution in [-0.4, -0.2) is 33.3 Å². The Morgan fingerprint density at radius 2 is 1.88 bits per heavy atom. The molecule has 0 amide bonds. The number of hydrogen-bond donors (Lipinski definition) is 1. The zero-order valence-electron chi connectivity index (χ0n) is 12.9. The molecular weight excluding hydrogens is 365 g/mol. The summed E-state index contributed by atoms with van der Waals surface area (Å²) in [6, 6.07) is 6.72. The fourth-order valence-corrected chi connectivity index (χ4v) is 4.88. The number of anilines is 1. The van der Waals surface area contributed by atoms with Gasteiger partial charge in [0.2, 0.25) is 5.95 Å². The van der Waals surface area contributed by atoms with Crippen molar-refractivity contribution in [3.63, 3.8) is 0 Å². The van der Waals surface area contributed by atoms with Crippen LogP contribution in [-0.2, 0) is 0 Å². The van der Waals surface area contributed by atoms with Crippen molar-refractivity contribution in [1.82, 2.24) is 15.2 Å². The Bertz CT molecular complexity index is 728. The van der Waals surface area contributed by atoms with E-state index in [-0.39, 0.29) is 0 Å². The number of halogens is 2. The molecule has 2 aliphatic rings. The number of fused-ring (bicyclic) bond motifs is 2. The molecule has 4 rings (SSSR count). The number of hydrogen-bond acceptors (Lipinski definition) is 6. The van der Waals surface area contributed by atoms with Gasteiger partial charge in [-0.3, -0.25) is 0 Å². The first-order valence-electron chi connectivity index (χ1n) is 7.97. The van der Waals surface area contributed by atoms with Gasteiger partial charge in [-0.25, -0.2) is 4.98 Å². The summed E-state index contributed by atoms with van der Waals surface area (Å²) in [6.07, 6.45) is 6.09. The highest BCUT2D eigenvalue weighted by Crippen LogP contribution is 2.38. The maximum atomic E-state index is 6.21. The van der Waals surface area contributed by atoms with E-state index in [1.54, 1.807) is 12.3 Å². The largest absolute Gasteiger partial charge is 0.333 e. The Kier molecular flexibility index (Phi) is 4.56. The average Bonchev–Trinajstić information content (AvgIpc) is 2.84. The van der Waals surface area contributed by atoms with Gasteiger partial charge in [0.05, 0.1) is 16.2 Å². The van der Waals surface area contributed by atoms with Gasteiger partial charge in [0.1, 0.15) is 5.03 Å². The van der Waals surface area contributed by atoms with Gasteiger partial charge in [-0.1, -0.05) is 41.0 Å². The summed E-state index contributed by atoms with van der Waals surface area (Å²) < 4.78 is 0. The van der Waals surface area contributed by atoms with Crippen molar-refractivity contribution in [2.24, 2.45) is 5.73 Å². The molecule has 0 saturated carbocycles. The minimum absolute atomic E-state index is 0.298. The molecule has 1 aromatic carbocycles. The third-order valence-corrected chi connectivity index (χ3v) is 6.55. The van der Waals surface area contributed by atoms with Crippen molar-refractivity contribution in [2.75, 3.05) is 4.90 Å². The van der Waals surface area contributed by atoms with Gasteiger partial charge < -0.3 is 10.6 Å². The van der Waals surface area contributed by atoms with E-state index in [0.29, 0.717) is 39.1 Å². The Balaban J connectivity index is 1.52. The van der Waals surface area contributed by atoms with E-state index in [2.05, 4.69) is 20.1 Å². The van der Waals surface area contributed by atoms with Gasteiger partial charge in [0, 0.05) is 23.0 Å². The number of piperidine rings is 1. The van der Waals surface area contributed by atoms with Crippen LogP contribution in [0.4, 0.5) is 5.95 Å². The third-order valence-electron chi connectivity index (χ3n) is 4.66. The summed E-state index contributed by atoms with van der Waals surface area (Å²) in [5, 5.41) is 10.4. The molecule has 1 aromatic heterocycles. The molecule has 2 fully saturated rings. The summed E-state index contributed by atoms with van der Waals surface area (Å²) in [6.45, 7) is 0. The number of rotatable bonds is 3. The van der Waals surface area contributed by atoms with E-state index >= 15 is 0 Å². The van der Waals surface area contributed by atoms with Crippen LogP contribution in [0.3, 0.4) is 0 Å². The van der Waals surface area contributed by atoms with Crippen LogP contribution < -0.4 is 10.6 Å². The van der Waals surface area contributed by atoms with Crippen LogP contribution >= 0.6 is 35.0 Å². The Morgan fingerprint density at radius 1 is 1.12 bits per heavy atom. The smallest absolute Gasteiger partial charge is 0.245 e. The predicted molar refractivity (Wildman–Crippen MR) is 96.9 cm³/mol. The van der Waals surface area contributed by atoms with Crippen molar-refractivity contribution >= 4 is 40.9 Å². The van der Waals surface area contributed by atoms with Gasteiger partial charge in [-0.05, 0) is 37.8 Å². The molecule has 2 N–H and O–H groups in total. The maximum absolute atomic E-state index is 6.21. The molecule has 0 spiro atoms. The summed E-state index contributed by atoms with van der Waals surface area (Å²) in [4.78, 5) is 7.68. The number of benzene rings is 1. The molecule has 0 aliphatic carbocycles. The molecule has 2 aromatic rings. The summed E-state index contributed by atoms with van der Waals surface area (Å²) in [7, 11) is 0. The number of nitrogens with zero attached hydrogens (tertiary/aromatic N) is 4. The minimum Gasteiger partial charge on any atom is -0.333 e. The first kappa shape index (κ1) is 16.4. The highest BCUT2D eigenvalue weighted by Gasteiger charge is 2.41. The molecule has 2 saturated heterocycles. The topological polar surface area (TPSA) is 67.9 Å². The Hall–Kier alpha value is -1.08. The lowest BCUT2D eigenvalue weighted by Crippen LogP contribution is -2.48. The molecule has 0 radical (unpaired) electrons. The Morgan fingerprint density at radius 3 is 2.54 bits per heavy atom. The number of nitrogens with two attached hydrogens (primary N) is 1. The van der Waals surface area contributed by atoms with E-state index in [9.17, 15) is 0 Å². The zero-order valence-corrected chi connectivity index (χ0v) is 15.2. The molecule has 3 atom stereocenters. The van der Waals surface area contributed by atoms with Crippen molar-refractivity contribution in [3.05, 3.63) is 34.4 Å². The summed E-state index contributed by atoms with van der Waals surface area (Å²) >= 11 is 13.7. The van der Waals surface area contributed by atoms with Gasteiger partial charge in [0.15, 0.2) is 0 Å².